The van der Waals surface area contributed by atoms with E-state index >= 15 is 0 Å². The zero-order valence-corrected chi connectivity index (χ0v) is 16.6. The Morgan fingerprint density at radius 3 is 2.25 bits per heavy atom. The van der Waals surface area contributed by atoms with Gasteiger partial charge in [-0.05, 0) is 59.7 Å². The van der Waals surface area contributed by atoms with Crippen molar-refractivity contribution in [2.45, 2.75) is 6.61 Å². The van der Waals surface area contributed by atoms with Gasteiger partial charge in [-0.1, -0.05) is 46.3 Å². The molecule has 0 fully saturated rings. The minimum Gasteiger partial charge on any atom is -0.489 e. The molecule has 0 spiro atoms. The fraction of sp³-hybridized carbons (Fsp3) is 0.0909. The molecule has 1 amide bonds. The first-order chi connectivity index (χ1) is 13.7. The lowest BCUT2D eigenvalue weighted by Crippen LogP contribution is -2.24. The van der Waals surface area contributed by atoms with E-state index in [1.54, 1.807) is 18.3 Å². The lowest BCUT2D eigenvalue weighted by Gasteiger charge is -2.06. The molecule has 0 aliphatic carbocycles. The van der Waals surface area contributed by atoms with Crippen molar-refractivity contribution in [2.75, 3.05) is 6.61 Å². The maximum absolute atomic E-state index is 11.8. The normalized spacial score (nSPS) is 10.6. The number of halogens is 1. The van der Waals surface area contributed by atoms with Crippen molar-refractivity contribution in [2.24, 2.45) is 5.10 Å². The topological polar surface area (TPSA) is 59.9 Å². The van der Waals surface area contributed by atoms with E-state index in [-0.39, 0.29) is 12.5 Å². The Labute approximate surface area is 172 Å². The zero-order chi connectivity index (χ0) is 19.6. The average molecular weight is 439 g/mol. The van der Waals surface area contributed by atoms with Gasteiger partial charge in [-0.3, -0.25) is 4.79 Å². The lowest BCUT2D eigenvalue weighted by atomic mass is 10.2. The molecule has 0 atom stereocenters. The van der Waals surface area contributed by atoms with Crippen molar-refractivity contribution in [1.82, 2.24) is 5.43 Å². The van der Waals surface area contributed by atoms with Crippen LogP contribution in [0.2, 0.25) is 0 Å². The molecule has 0 heterocycles. The largest absolute Gasteiger partial charge is 0.489 e. The molecule has 0 bridgehead atoms. The Balaban J connectivity index is 1.41. The van der Waals surface area contributed by atoms with Gasteiger partial charge in [-0.15, -0.1) is 0 Å². The number of hydrogen-bond donors (Lipinski definition) is 1. The van der Waals surface area contributed by atoms with E-state index in [1.807, 2.05) is 66.7 Å². The van der Waals surface area contributed by atoms with Gasteiger partial charge >= 0.3 is 0 Å². The van der Waals surface area contributed by atoms with Gasteiger partial charge in [0.25, 0.3) is 5.91 Å². The summed E-state index contributed by atoms with van der Waals surface area (Å²) in [6, 6.07) is 24.7. The van der Waals surface area contributed by atoms with Gasteiger partial charge in [0.15, 0.2) is 6.61 Å². The van der Waals surface area contributed by atoms with E-state index in [2.05, 4.69) is 26.5 Å². The van der Waals surface area contributed by atoms with Crippen LogP contribution in [0, 0.1) is 0 Å². The summed E-state index contributed by atoms with van der Waals surface area (Å²) < 4.78 is 12.1. The summed E-state index contributed by atoms with van der Waals surface area (Å²) in [5.74, 6) is 1.06. The average Bonchev–Trinajstić information content (AvgIpc) is 2.73. The Hall–Kier alpha value is -3.12. The molecule has 0 radical (unpaired) electrons. The van der Waals surface area contributed by atoms with Crippen LogP contribution in [0.1, 0.15) is 11.1 Å². The van der Waals surface area contributed by atoms with Crippen LogP contribution < -0.4 is 14.9 Å². The van der Waals surface area contributed by atoms with Crippen LogP contribution in [0.5, 0.6) is 11.5 Å². The van der Waals surface area contributed by atoms with Crippen LogP contribution in [0.15, 0.2) is 88.4 Å². The predicted octanol–water partition coefficient (Wildman–Crippen LogP) is 4.56. The number of ether oxygens (including phenoxy) is 2. The highest BCUT2D eigenvalue weighted by molar-refractivity contribution is 9.10. The number of benzene rings is 3. The van der Waals surface area contributed by atoms with Crippen LogP contribution >= 0.6 is 15.9 Å². The molecule has 28 heavy (non-hydrogen) atoms. The monoisotopic (exact) mass is 438 g/mol. The second-order valence-electron chi connectivity index (χ2n) is 5.88. The van der Waals surface area contributed by atoms with E-state index in [4.69, 9.17) is 9.47 Å². The number of carbonyl (C=O) groups excluding carboxylic acids is 1. The Kier molecular flexibility index (Phi) is 7.21. The second-order valence-corrected chi connectivity index (χ2v) is 6.79. The van der Waals surface area contributed by atoms with Gasteiger partial charge in [0.05, 0.1) is 6.21 Å². The fourth-order valence-electron chi connectivity index (χ4n) is 2.28. The molecule has 6 heteroatoms. The summed E-state index contributed by atoms with van der Waals surface area (Å²) in [7, 11) is 0. The van der Waals surface area contributed by atoms with Crippen LogP contribution in [0.4, 0.5) is 0 Å². The summed E-state index contributed by atoms with van der Waals surface area (Å²) in [5.41, 5.74) is 4.40. The molecule has 3 rings (SSSR count). The third kappa shape index (κ3) is 6.55. The Bertz CT molecular complexity index is 911. The SMILES string of the molecule is O=C(COc1ccc(Br)cc1)N/N=C/c1ccc(OCc2ccccc2)cc1. The second kappa shape index (κ2) is 10.3. The van der Waals surface area contributed by atoms with Crippen LogP contribution in [-0.2, 0) is 11.4 Å². The molecule has 0 aromatic heterocycles. The first-order valence-electron chi connectivity index (χ1n) is 8.66. The summed E-state index contributed by atoms with van der Waals surface area (Å²) in [6.45, 7) is 0.411. The van der Waals surface area contributed by atoms with Crippen LogP contribution in [0.3, 0.4) is 0 Å². The summed E-state index contributed by atoms with van der Waals surface area (Å²) in [4.78, 5) is 11.8. The Morgan fingerprint density at radius 1 is 0.893 bits per heavy atom. The van der Waals surface area contributed by atoms with Crippen LogP contribution in [-0.4, -0.2) is 18.7 Å². The van der Waals surface area contributed by atoms with Gasteiger partial charge in [0.1, 0.15) is 18.1 Å². The molecule has 1 N–H and O–H groups in total. The molecule has 0 unspecified atom stereocenters. The van der Waals surface area contributed by atoms with Crippen molar-refractivity contribution in [3.8, 4) is 11.5 Å². The molecular formula is C22H19BrN2O3. The van der Waals surface area contributed by atoms with Crippen molar-refractivity contribution >= 4 is 28.1 Å². The van der Waals surface area contributed by atoms with Gasteiger partial charge in [-0.25, -0.2) is 5.43 Å². The number of nitrogens with one attached hydrogen (secondary N) is 1. The van der Waals surface area contributed by atoms with E-state index in [0.717, 1.165) is 21.3 Å². The quantitative estimate of drug-likeness (QED) is 0.414. The maximum atomic E-state index is 11.8. The smallest absolute Gasteiger partial charge is 0.277 e. The van der Waals surface area contributed by atoms with Gasteiger partial charge in [-0.2, -0.15) is 5.10 Å². The highest BCUT2D eigenvalue weighted by atomic mass is 79.9. The van der Waals surface area contributed by atoms with Gasteiger partial charge in [0.2, 0.25) is 0 Å². The van der Waals surface area contributed by atoms with E-state index in [9.17, 15) is 4.79 Å². The van der Waals surface area contributed by atoms with E-state index in [1.165, 1.54) is 0 Å². The first kappa shape index (κ1) is 19.6. The van der Waals surface area contributed by atoms with Crippen LogP contribution in [0.25, 0.3) is 0 Å². The number of hydrogen-bond acceptors (Lipinski definition) is 4. The molecular weight excluding hydrogens is 420 g/mol. The van der Waals surface area contributed by atoms with Gasteiger partial charge < -0.3 is 9.47 Å². The highest BCUT2D eigenvalue weighted by Gasteiger charge is 2.01. The molecule has 0 aliphatic rings. The first-order valence-corrected chi connectivity index (χ1v) is 9.45. The summed E-state index contributed by atoms with van der Waals surface area (Å²) in [6.07, 6.45) is 1.57. The number of carbonyl (C=O) groups is 1. The highest BCUT2D eigenvalue weighted by Crippen LogP contribution is 2.16. The third-order valence-electron chi connectivity index (χ3n) is 3.71. The molecule has 0 aliphatic heterocycles. The molecule has 0 saturated carbocycles. The number of amides is 1. The molecule has 0 saturated heterocycles. The number of rotatable bonds is 8. The summed E-state index contributed by atoms with van der Waals surface area (Å²) in [5, 5.41) is 3.94. The number of hydrazone groups is 1. The third-order valence-corrected chi connectivity index (χ3v) is 4.24. The maximum Gasteiger partial charge on any atom is 0.277 e. The zero-order valence-electron chi connectivity index (χ0n) is 15.0. The lowest BCUT2D eigenvalue weighted by molar-refractivity contribution is -0.123. The van der Waals surface area contributed by atoms with E-state index in [0.29, 0.717) is 12.4 Å². The summed E-state index contributed by atoms with van der Waals surface area (Å²) >= 11 is 3.34. The fourth-order valence-corrected chi connectivity index (χ4v) is 2.55. The number of nitrogens with zero attached hydrogens (tertiary/aromatic N) is 1. The standard InChI is InChI=1S/C22H19BrN2O3/c23-19-8-12-21(13-9-19)28-16-22(26)25-24-14-17-6-10-20(11-7-17)27-15-18-4-2-1-3-5-18/h1-14H,15-16H2,(H,25,26)/b24-14+. The molecule has 3 aromatic rings. The predicted molar refractivity (Wildman–Crippen MR) is 113 cm³/mol. The molecule has 3 aromatic carbocycles. The van der Waals surface area contributed by atoms with Crippen molar-refractivity contribution < 1.29 is 14.3 Å². The van der Waals surface area contributed by atoms with Crippen molar-refractivity contribution in [3.63, 3.8) is 0 Å². The molecule has 142 valence electrons. The Morgan fingerprint density at radius 2 is 1.54 bits per heavy atom. The van der Waals surface area contributed by atoms with E-state index < -0.39 is 0 Å². The minimum atomic E-state index is -0.331. The van der Waals surface area contributed by atoms with Crippen molar-refractivity contribution in [1.29, 1.82) is 0 Å². The minimum absolute atomic E-state index is 0.106. The molecule has 5 nitrogen and oxygen atoms in total. The van der Waals surface area contributed by atoms with Gasteiger partial charge in [0, 0.05) is 4.47 Å². The van der Waals surface area contributed by atoms with Crippen molar-refractivity contribution in [3.05, 3.63) is 94.5 Å².